The minimum atomic E-state index is 0.232. The SMILES string of the molecule is CC(CCN(C)C)Oc1cccc(CN)c1. The monoisotopic (exact) mass is 222 g/mol. The zero-order valence-electron chi connectivity index (χ0n) is 10.4. The molecule has 1 unspecified atom stereocenters. The lowest BCUT2D eigenvalue weighted by Gasteiger charge is -2.17. The van der Waals surface area contributed by atoms with Crippen LogP contribution in [0.5, 0.6) is 5.75 Å². The molecule has 1 atom stereocenters. The Balaban J connectivity index is 2.45. The summed E-state index contributed by atoms with van der Waals surface area (Å²) in [5.74, 6) is 0.911. The predicted molar refractivity (Wildman–Crippen MR) is 67.6 cm³/mol. The maximum absolute atomic E-state index is 5.82. The predicted octanol–water partition coefficient (Wildman–Crippen LogP) is 1.86. The fourth-order valence-corrected chi connectivity index (χ4v) is 1.48. The molecule has 90 valence electrons. The van der Waals surface area contributed by atoms with Crippen LogP contribution in [0.3, 0.4) is 0 Å². The van der Waals surface area contributed by atoms with E-state index in [9.17, 15) is 0 Å². The number of rotatable bonds is 6. The number of nitrogens with zero attached hydrogens (tertiary/aromatic N) is 1. The van der Waals surface area contributed by atoms with Crippen LogP contribution in [0.25, 0.3) is 0 Å². The van der Waals surface area contributed by atoms with Gasteiger partial charge in [-0.2, -0.15) is 0 Å². The van der Waals surface area contributed by atoms with Crippen molar-refractivity contribution in [1.29, 1.82) is 0 Å². The molecule has 0 aliphatic heterocycles. The smallest absolute Gasteiger partial charge is 0.120 e. The lowest BCUT2D eigenvalue weighted by atomic mass is 10.2. The van der Waals surface area contributed by atoms with Gasteiger partial charge in [0, 0.05) is 13.1 Å². The summed E-state index contributed by atoms with van der Waals surface area (Å²) in [6, 6.07) is 7.98. The first-order chi connectivity index (χ1) is 7.61. The standard InChI is InChI=1S/C13H22N2O/c1-11(7-8-15(2)3)16-13-6-4-5-12(9-13)10-14/h4-6,9,11H,7-8,10,14H2,1-3H3. The number of nitrogens with two attached hydrogens (primary N) is 1. The van der Waals surface area contributed by atoms with E-state index in [0.717, 1.165) is 24.3 Å². The molecule has 16 heavy (non-hydrogen) atoms. The number of ether oxygens (including phenoxy) is 1. The summed E-state index contributed by atoms with van der Waals surface area (Å²) >= 11 is 0. The molecule has 0 bridgehead atoms. The Morgan fingerprint density at radius 2 is 2.12 bits per heavy atom. The van der Waals surface area contributed by atoms with Gasteiger partial charge in [0.15, 0.2) is 0 Å². The molecule has 0 aliphatic carbocycles. The van der Waals surface area contributed by atoms with E-state index >= 15 is 0 Å². The van der Waals surface area contributed by atoms with E-state index in [1.807, 2.05) is 24.3 Å². The number of benzene rings is 1. The van der Waals surface area contributed by atoms with Crippen molar-refractivity contribution in [3.63, 3.8) is 0 Å². The van der Waals surface area contributed by atoms with Crippen molar-refractivity contribution in [2.75, 3.05) is 20.6 Å². The minimum Gasteiger partial charge on any atom is -0.491 e. The third kappa shape index (κ3) is 4.64. The van der Waals surface area contributed by atoms with Crippen LogP contribution < -0.4 is 10.5 Å². The molecule has 1 rings (SSSR count). The molecule has 0 aliphatic rings. The normalized spacial score (nSPS) is 12.8. The van der Waals surface area contributed by atoms with Crippen molar-refractivity contribution >= 4 is 0 Å². The van der Waals surface area contributed by atoms with E-state index in [1.165, 1.54) is 0 Å². The highest BCUT2D eigenvalue weighted by atomic mass is 16.5. The van der Waals surface area contributed by atoms with Gasteiger partial charge in [0.05, 0.1) is 6.10 Å². The van der Waals surface area contributed by atoms with Gasteiger partial charge in [-0.1, -0.05) is 12.1 Å². The first-order valence-corrected chi connectivity index (χ1v) is 5.72. The van der Waals surface area contributed by atoms with Gasteiger partial charge < -0.3 is 15.4 Å². The molecule has 0 heterocycles. The van der Waals surface area contributed by atoms with E-state index in [-0.39, 0.29) is 6.10 Å². The van der Waals surface area contributed by atoms with Crippen molar-refractivity contribution < 1.29 is 4.74 Å². The van der Waals surface area contributed by atoms with Crippen LogP contribution in [0, 0.1) is 0 Å². The van der Waals surface area contributed by atoms with Crippen LogP contribution in [0.1, 0.15) is 18.9 Å². The zero-order chi connectivity index (χ0) is 12.0. The van der Waals surface area contributed by atoms with Crippen molar-refractivity contribution in [3.05, 3.63) is 29.8 Å². The molecule has 3 nitrogen and oxygen atoms in total. The fraction of sp³-hybridized carbons (Fsp3) is 0.538. The Labute approximate surface area is 98.2 Å². The highest BCUT2D eigenvalue weighted by Gasteiger charge is 2.04. The first-order valence-electron chi connectivity index (χ1n) is 5.72. The van der Waals surface area contributed by atoms with Crippen molar-refractivity contribution in [2.45, 2.75) is 26.0 Å². The Bertz CT molecular complexity index is 313. The summed E-state index contributed by atoms with van der Waals surface area (Å²) in [6.45, 7) is 3.69. The number of hydrogen-bond acceptors (Lipinski definition) is 3. The molecule has 0 amide bonds. The maximum atomic E-state index is 5.82. The zero-order valence-corrected chi connectivity index (χ0v) is 10.4. The van der Waals surface area contributed by atoms with Crippen LogP contribution in [0.4, 0.5) is 0 Å². The van der Waals surface area contributed by atoms with Gasteiger partial charge in [0.2, 0.25) is 0 Å². The minimum absolute atomic E-state index is 0.232. The lowest BCUT2D eigenvalue weighted by molar-refractivity contribution is 0.194. The average molecular weight is 222 g/mol. The summed E-state index contributed by atoms with van der Waals surface area (Å²) in [5.41, 5.74) is 6.69. The summed E-state index contributed by atoms with van der Waals surface area (Å²) < 4.78 is 5.82. The second-order valence-electron chi connectivity index (χ2n) is 4.37. The topological polar surface area (TPSA) is 38.5 Å². The van der Waals surface area contributed by atoms with Crippen LogP contribution in [0.2, 0.25) is 0 Å². The van der Waals surface area contributed by atoms with Gasteiger partial charge in [0.1, 0.15) is 5.75 Å². The third-order valence-electron chi connectivity index (χ3n) is 2.45. The molecular formula is C13H22N2O. The van der Waals surface area contributed by atoms with E-state index in [2.05, 4.69) is 25.9 Å². The van der Waals surface area contributed by atoms with E-state index in [0.29, 0.717) is 6.54 Å². The Hall–Kier alpha value is -1.06. The van der Waals surface area contributed by atoms with Crippen molar-refractivity contribution in [3.8, 4) is 5.75 Å². The van der Waals surface area contributed by atoms with Crippen LogP contribution in [-0.4, -0.2) is 31.6 Å². The molecule has 0 saturated carbocycles. The van der Waals surface area contributed by atoms with Gasteiger partial charge in [0.25, 0.3) is 0 Å². The summed E-state index contributed by atoms with van der Waals surface area (Å²) in [4.78, 5) is 2.16. The average Bonchev–Trinajstić information content (AvgIpc) is 2.26. The van der Waals surface area contributed by atoms with Crippen LogP contribution in [-0.2, 0) is 6.54 Å². The molecule has 3 heteroatoms. The summed E-state index contributed by atoms with van der Waals surface area (Å²) in [7, 11) is 4.14. The molecule has 0 aromatic heterocycles. The second kappa shape index (κ2) is 6.51. The maximum Gasteiger partial charge on any atom is 0.120 e. The summed E-state index contributed by atoms with van der Waals surface area (Å²) in [5, 5.41) is 0. The molecule has 0 spiro atoms. The van der Waals surface area contributed by atoms with Crippen LogP contribution >= 0.6 is 0 Å². The molecule has 1 aromatic rings. The summed E-state index contributed by atoms with van der Waals surface area (Å²) in [6.07, 6.45) is 1.26. The van der Waals surface area contributed by atoms with Gasteiger partial charge in [-0.15, -0.1) is 0 Å². The highest BCUT2D eigenvalue weighted by molar-refractivity contribution is 5.28. The van der Waals surface area contributed by atoms with Crippen LogP contribution in [0.15, 0.2) is 24.3 Å². The molecule has 1 aromatic carbocycles. The second-order valence-corrected chi connectivity index (χ2v) is 4.37. The molecule has 2 N–H and O–H groups in total. The quantitative estimate of drug-likeness (QED) is 0.798. The number of hydrogen-bond donors (Lipinski definition) is 1. The van der Waals surface area contributed by atoms with E-state index in [1.54, 1.807) is 0 Å². The van der Waals surface area contributed by atoms with E-state index in [4.69, 9.17) is 10.5 Å². The fourth-order valence-electron chi connectivity index (χ4n) is 1.48. The third-order valence-corrected chi connectivity index (χ3v) is 2.45. The van der Waals surface area contributed by atoms with Gasteiger partial charge in [-0.25, -0.2) is 0 Å². The highest BCUT2D eigenvalue weighted by Crippen LogP contribution is 2.15. The Kier molecular flexibility index (Phi) is 5.29. The molecule has 0 radical (unpaired) electrons. The van der Waals surface area contributed by atoms with Crippen molar-refractivity contribution in [1.82, 2.24) is 4.90 Å². The molecule has 0 saturated heterocycles. The van der Waals surface area contributed by atoms with E-state index < -0.39 is 0 Å². The lowest BCUT2D eigenvalue weighted by Crippen LogP contribution is -2.21. The molecular weight excluding hydrogens is 200 g/mol. The Morgan fingerprint density at radius 1 is 1.38 bits per heavy atom. The van der Waals surface area contributed by atoms with Gasteiger partial charge in [-0.3, -0.25) is 0 Å². The van der Waals surface area contributed by atoms with Gasteiger partial charge in [-0.05, 0) is 45.1 Å². The molecule has 0 fully saturated rings. The Morgan fingerprint density at radius 3 is 2.75 bits per heavy atom. The largest absolute Gasteiger partial charge is 0.491 e. The van der Waals surface area contributed by atoms with Crippen molar-refractivity contribution in [2.24, 2.45) is 5.73 Å². The van der Waals surface area contributed by atoms with Gasteiger partial charge >= 0.3 is 0 Å². The first kappa shape index (κ1) is 13.0.